The molecule has 0 aliphatic heterocycles. The van der Waals surface area contributed by atoms with Crippen molar-refractivity contribution in [2.75, 3.05) is 0 Å². The minimum absolute atomic E-state index is 0.0370. The van der Waals surface area contributed by atoms with Crippen LogP contribution in [0.1, 0.15) is 0 Å². The molecule has 0 radical (unpaired) electrons. The van der Waals surface area contributed by atoms with Crippen molar-refractivity contribution in [3.8, 4) is 0 Å². The third kappa shape index (κ3) is 1.50. The van der Waals surface area contributed by atoms with E-state index in [0.29, 0.717) is 0 Å². The minimum atomic E-state index is -0.0370. The summed E-state index contributed by atoms with van der Waals surface area (Å²) in [6.45, 7) is 0. The maximum absolute atomic E-state index is 12.3. The molecule has 4 rings (SSSR count). The Bertz CT molecular complexity index is 979. The molecule has 96 valence electrons. The smallest absolute Gasteiger partial charge is 0.267 e. The number of benzene rings is 2. The van der Waals surface area contributed by atoms with Crippen LogP contribution in [0, 0.1) is 0 Å². The minimum Gasteiger partial charge on any atom is -0.267 e. The maximum Gasteiger partial charge on any atom is 0.270 e. The summed E-state index contributed by atoms with van der Waals surface area (Å²) in [5.41, 5.74) is 1.89. The fourth-order valence-corrected chi connectivity index (χ4v) is 2.64. The summed E-state index contributed by atoms with van der Waals surface area (Å²) < 4.78 is 3.61. The molecule has 0 aliphatic carbocycles. The molecule has 0 atom stereocenters. The molecular formula is C17H12N2O. The van der Waals surface area contributed by atoms with Gasteiger partial charge in [-0.25, -0.2) is 4.68 Å². The number of para-hydroxylation sites is 2. The van der Waals surface area contributed by atoms with Crippen molar-refractivity contribution in [3.63, 3.8) is 0 Å². The highest BCUT2D eigenvalue weighted by atomic mass is 16.1. The predicted molar refractivity (Wildman–Crippen MR) is 80.9 cm³/mol. The normalized spacial score (nSPS) is 11.2. The highest BCUT2D eigenvalue weighted by Gasteiger charge is 2.07. The molecule has 0 aliphatic rings. The first-order valence-corrected chi connectivity index (χ1v) is 6.52. The first kappa shape index (κ1) is 11.1. The number of aromatic nitrogens is 2. The zero-order chi connectivity index (χ0) is 13.5. The van der Waals surface area contributed by atoms with Crippen LogP contribution in [0.25, 0.3) is 21.8 Å². The molecule has 20 heavy (non-hydrogen) atoms. The number of hydrogen-bond acceptors (Lipinski definition) is 1. The van der Waals surface area contributed by atoms with E-state index in [-0.39, 0.29) is 5.56 Å². The highest BCUT2D eigenvalue weighted by molar-refractivity contribution is 5.82. The van der Waals surface area contributed by atoms with Gasteiger partial charge in [0.15, 0.2) is 0 Å². The molecule has 3 nitrogen and oxygen atoms in total. The third-order valence-electron chi connectivity index (χ3n) is 3.57. The van der Waals surface area contributed by atoms with Crippen molar-refractivity contribution < 1.29 is 0 Å². The first-order valence-electron chi connectivity index (χ1n) is 6.52. The van der Waals surface area contributed by atoms with Crippen LogP contribution in [0.2, 0.25) is 0 Å². The van der Waals surface area contributed by atoms with Gasteiger partial charge in [0.2, 0.25) is 0 Å². The molecular weight excluding hydrogens is 248 g/mol. The van der Waals surface area contributed by atoms with Crippen LogP contribution in [0.5, 0.6) is 0 Å². The summed E-state index contributed by atoms with van der Waals surface area (Å²) in [5.74, 6) is 0. The molecule has 0 amide bonds. The van der Waals surface area contributed by atoms with Crippen LogP contribution in [0.3, 0.4) is 0 Å². The molecule has 2 heterocycles. The Morgan fingerprint density at radius 3 is 2.10 bits per heavy atom. The van der Waals surface area contributed by atoms with Gasteiger partial charge >= 0.3 is 0 Å². The second-order valence-electron chi connectivity index (χ2n) is 4.76. The standard InChI is InChI=1S/C17H12N2O/c20-17-10-9-13-5-2-4-8-16(13)19(17)18-12-11-14-6-1-3-7-15(14)18/h1-12H. The Hall–Kier alpha value is -2.81. The van der Waals surface area contributed by atoms with Crippen molar-refractivity contribution in [2.45, 2.75) is 0 Å². The lowest BCUT2D eigenvalue weighted by atomic mass is 10.2. The van der Waals surface area contributed by atoms with E-state index >= 15 is 0 Å². The van der Waals surface area contributed by atoms with Gasteiger partial charge in [-0.3, -0.25) is 9.47 Å². The van der Waals surface area contributed by atoms with E-state index in [9.17, 15) is 4.79 Å². The van der Waals surface area contributed by atoms with Gasteiger partial charge < -0.3 is 0 Å². The van der Waals surface area contributed by atoms with E-state index in [4.69, 9.17) is 0 Å². The maximum atomic E-state index is 12.3. The van der Waals surface area contributed by atoms with Gasteiger partial charge in [0.25, 0.3) is 5.56 Å². The summed E-state index contributed by atoms with van der Waals surface area (Å²) in [7, 11) is 0. The number of fused-ring (bicyclic) bond motifs is 2. The molecule has 0 unspecified atom stereocenters. The van der Waals surface area contributed by atoms with Gasteiger partial charge in [-0.1, -0.05) is 36.4 Å². The summed E-state index contributed by atoms with van der Waals surface area (Å²) in [4.78, 5) is 12.3. The van der Waals surface area contributed by atoms with Gasteiger partial charge in [-0.2, -0.15) is 0 Å². The Balaban J connectivity index is 2.17. The lowest BCUT2D eigenvalue weighted by Gasteiger charge is -2.12. The molecule has 2 aromatic carbocycles. The summed E-state index contributed by atoms with van der Waals surface area (Å²) in [6.07, 6.45) is 1.93. The SMILES string of the molecule is O=c1ccc2ccccc2n1-n1ccc2ccccc21. The predicted octanol–water partition coefficient (Wildman–Crippen LogP) is 3.27. The van der Waals surface area contributed by atoms with Crippen molar-refractivity contribution in [2.24, 2.45) is 0 Å². The van der Waals surface area contributed by atoms with Crippen LogP contribution < -0.4 is 5.56 Å². The van der Waals surface area contributed by atoms with Crippen LogP contribution >= 0.6 is 0 Å². The van der Waals surface area contributed by atoms with Gasteiger partial charge in [0.05, 0.1) is 11.0 Å². The molecule has 0 bridgehead atoms. The van der Waals surface area contributed by atoms with E-state index < -0.39 is 0 Å². The topological polar surface area (TPSA) is 26.9 Å². The molecule has 4 aromatic rings. The van der Waals surface area contributed by atoms with Crippen molar-refractivity contribution in [1.29, 1.82) is 0 Å². The van der Waals surface area contributed by atoms with Gasteiger partial charge in [0.1, 0.15) is 0 Å². The second-order valence-corrected chi connectivity index (χ2v) is 4.76. The average molecular weight is 260 g/mol. The van der Waals surface area contributed by atoms with Gasteiger partial charge in [-0.15, -0.1) is 0 Å². The number of nitrogens with zero attached hydrogens (tertiary/aromatic N) is 2. The summed E-state index contributed by atoms with van der Waals surface area (Å²) >= 11 is 0. The fourth-order valence-electron chi connectivity index (χ4n) is 2.64. The number of rotatable bonds is 1. The Morgan fingerprint density at radius 1 is 0.650 bits per heavy atom. The zero-order valence-electron chi connectivity index (χ0n) is 10.7. The summed E-state index contributed by atoms with van der Waals surface area (Å²) in [6, 6.07) is 21.4. The average Bonchev–Trinajstić information content (AvgIpc) is 2.91. The highest BCUT2D eigenvalue weighted by Crippen LogP contribution is 2.18. The Labute approximate surface area is 115 Å². The number of pyridine rings is 1. The van der Waals surface area contributed by atoms with Crippen molar-refractivity contribution in [1.82, 2.24) is 9.35 Å². The van der Waals surface area contributed by atoms with E-state index in [2.05, 4.69) is 0 Å². The molecule has 2 aromatic heterocycles. The monoisotopic (exact) mass is 260 g/mol. The van der Waals surface area contributed by atoms with E-state index in [0.717, 1.165) is 21.8 Å². The zero-order valence-corrected chi connectivity index (χ0v) is 10.7. The number of hydrogen-bond donors (Lipinski definition) is 0. The largest absolute Gasteiger partial charge is 0.270 e. The second kappa shape index (κ2) is 4.10. The van der Waals surface area contributed by atoms with Crippen LogP contribution in [0.15, 0.2) is 77.7 Å². The molecule has 0 fully saturated rings. The van der Waals surface area contributed by atoms with E-state index in [1.54, 1.807) is 10.7 Å². The lowest BCUT2D eigenvalue weighted by Crippen LogP contribution is -2.24. The van der Waals surface area contributed by atoms with Crippen molar-refractivity contribution >= 4 is 21.8 Å². The van der Waals surface area contributed by atoms with Crippen LogP contribution in [0.4, 0.5) is 0 Å². The summed E-state index contributed by atoms with van der Waals surface area (Å²) in [5, 5.41) is 2.16. The van der Waals surface area contributed by atoms with Crippen molar-refractivity contribution in [3.05, 3.63) is 83.3 Å². The molecule has 0 saturated heterocycles. The molecule has 3 heteroatoms. The van der Waals surface area contributed by atoms with Gasteiger partial charge in [0, 0.05) is 23.0 Å². The third-order valence-corrected chi connectivity index (χ3v) is 3.57. The quantitative estimate of drug-likeness (QED) is 0.516. The molecule has 0 saturated carbocycles. The molecule has 0 N–H and O–H groups in total. The van der Waals surface area contributed by atoms with Crippen LogP contribution in [-0.2, 0) is 0 Å². The Kier molecular flexibility index (Phi) is 2.27. The van der Waals surface area contributed by atoms with E-state index in [1.807, 2.05) is 71.5 Å². The first-order chi connectivity index (χ1) is 9.84. The van der Waals surface area contributed by atoms with E-state index in [1.165, 1.54) is 0 Å². The Morgan fingerprint density at radius 2 is 1.30 bits per heavy atom. The van der Waals surface area contributed by atoms with Crippen LogP contribution in [-0.4, -0.2) is 9.35 Å². The van der Waals surface area contributed by atoms with Gasteiger partial charge in [-0.05, 0) is 24.3 Å². The molecule has 0 spiro atoms. The lowest BCUT2D eigenvalue weighted by molar-refractivity contribution is 0.686. The fraction of sp³-hybridized carbons (Fsp3) is 0.